The van der Waals surface area contributed by atoms with Crippen LogP contribution in [0.25, 0.3) is 0 Å². The zero-order valence-corrected chi connectivity index (χ0v) is 8.79. The van der Waals surface area contributed by atoms with Crippen molar-refractivity contribution in [3.05, 3.63) is 35.9 Å². The van der Waals surface area contributed by atoms with Gasteiger partial charge in [0.15, 0.2) is 0 Å². The van der Waals surface area contributed by atoms with Gasteiger partial charge in [-0.1, -0.05) is 44.2 Å². The molecule has 14 heavy (non-hydrogen) atoms. The van der Waals surface area contributed by atoms with Gasteiger partial charge in [-0.15, -0.1) is 0 Å². The predicted octanol–water partition coefficient (Wildman–Crippen LogP) is 2.33. The molecular formula is C12H17NO. The molecule has 0 bridgehead atoms. The molecule has 0 aliphatic carbocycles. The summed E-state index contributed by atoms with van der Waals surface area (Å²) in [5.74, 6) is 0. The third-order valence-electron chi connectivity index (χ3n) is 2.51. The van der Waals surface area contributed by atoms with Crippen molar-refractivity contribution >= 4 is 0 Å². The number of hydrogen-bond acceptors (Lipinski definition) is 2. The first kappa shape index (κ1) is 9.69. The van der Waals surface area contributed by atoms with Crippen molar-refractivity contribution in [1.82, 2.24) is 5.32 Å². The van der Waals surface area contributed by atoms with Crippen LogP contribution in [-0.4, -0.2) is 13.2 Å². The molecule has 1 N–H and O–H groups in total. The Bertz CT molecular complexity index is 284. The molecule has 2 rings (SSSR count). The fourth-order valence-electron chi connectivity index (χ4n) is 1.63. The maximum absolute atomic E-state index is 5.77. The standard InChI is InChI=1S/C12H17NO/c1-12(2)8-13-11(14-9-12)10-6-4-3-5-7-10/h3-7,11,13H,8-9H2,1-2H3. The highest BCUT2D eigenvalue weighted by Gasteiger charge is 2.27. The van der Waals surface area contributed by atoms with Crippen LogP contribution in [0.3, 0.4) is 0 Å². The molecule has 1 heterocycles. The van der Waals surface area contributed by atoms with E-state index in [1.165, 1.54) is 5.56 Å². The van der Waals surface area contributed by atoms with E-state index in [1.54, 1.807) is 0 Å². The van der Waals surface area contributed by atoms with Crippen LogP contribution < -0.4 is 5.32 Å². The number of benzene rings is 1. The fourth-order valence-corrected chi connectivity index (χ4v) is 1.63. The third kappa shape index (κ3) is 2.14. The molecule has 0 spiro atoms. The van der Waals surface area contributed by atoms with Gasteiger partial charge in [-0.25, -0.2) is 0 Å². The van der Waals surface area contributed by atoms with Gasteiger partial charge in [-0.3, -0.25) is 5.32 Å². The fraction of sp³-hybridized carbons (Fsp3) is 0.500. The van der Waals surface area contributed by atoms with Gasteiger partial charge in [0.25, 0.3) is 0 Å². The van der Waals surface area contributed by atoms with Crippen molar-refractivity contribution < 1.29 is 4.74 Å². The summed E-state index contributed by atoms with van der Waals surface area (Å²) in [5.41, 5.74) is 1.47. The Labute approximate surface area is 85.3 Å². The van der Waals surface area contributed by atoms with Crippen molar-refractivity contribution in [1.29, 1.82) is 0 Å². The quantitative estimate of drug-likeness (QED) is 0.735. The highest BCUT2D eigenvalue weighted by molar-refractivity contribution is 5.17. The molecule has 0 radical (unpaired) electrons. The molecule has 0 amide bonds. The molecule has 1 aromatic rings. The molecule has 1 aromatic carbocycles. The normalized spacial score (nSPS) is 26.0. The highest BCUT2D eigenvalue weighted by atomic mass is 16.5. The lowest BCUT2D eigenvalue weighted by molar-refractivity contribution is -0.0595. The Morgan fingerprint density at radius 2 is 2.00 bits per heavy atom. The minimum absolute atomic E-state index is 0.0734. The first-order valence-electron chi connectivity index (χ1n) is 5.07. The average molecular weight is 191 g/mol. The SMILES string of the molecule is CC1(C)CNC(c2ccccc2)OC1. The Hall–Kier alpha value is -0.860. The molecule has 1 fully saturated rings. The second-order valence-electron chi connectivity index (χ2n) is 4.65. The summed E-state index contributed by atoms with van der Waals surface area (Å²) >= 11 is 0. The molecule has 0 aromatic heterocycles. The van der Waals surface area contributed by atoms with Crippen molar-refractivity contribution in [2.75, 3.05) is 13.2 Å². The second-order valence-corrected chi connectivity index (χ2v) is 4.65. The van der Waals surface area contributed by atoms with E-state index in [0.29, 0.717) is 0 Å². The highest BCUT2D eigenvalue weighted by Crippen LogP contribution is 2.25. The molecule has 76 valence electrons. The van der Waals surface area contributed by atoms with Gasteiger partial charge in [0, 0.05) is 12.0 Å². The summed E-state index contributed by atoms with van der Waals surface area (Å²) in [6.45, 7) is 6.24. The maximum Gasteiger partial charge on any atom is 0.134 e. The predicted molar refractivity (Wildman–Crippen MR) is 56.9 cm³/mol. The Morgan fingerprint density at radius 1 is 1.29 bits per heavy atom. The molecule has 2 nitrogen and oxygen atoms in total. The van der Waals surface area contributed by atoms with Gasteiger partial charge in [0.05, 0.1) is 6.61 Å². The minimum atomic E-state index is 0.0734. The van der Waals surface area contributed by atoms with Gasteiger partial charge >= 0.3 is 0 Å². The molecular weight excluding hydrogens is 174 g/mol. The second kappa shape index (κ2) is 3.71. The zero-order chi connectivity index (χ0) is 10.0. The number of rotatable bonds is 1. The summed E-state index contributed by atoms with van der Waals surface area (Å²) in [4.78, 5) is 0. The summed E-state index contributed by atoms with van der Waals surface area (Å²) in [5, 5.41) is 3.40. The maximum atomic E-state index is 5.77. The number of ether oxygens (including phenoxy) is 1. The third-order valence-corrected chi connectivity index (χ3v) is 2.51. The van der Waals surface area contributed by atoms with Gasteiger partial charge in [0.2, 0.25) is 0 Å². The molecule has 0 saturated carbocycles. The minimum Gasteiger partial charge on any atom is -0.358 e. The van der Waals surface area contributed by atoms with Gasteiger partial charge in [-0.2, -0.15) is 0 Å². The van der Waals surface area contributed by atoms with E-state index in [-0.39, 0.29) is 11.6 Å². The number of hydrogen-bond donors (Lipinski definition) is 1. The van der Waals surface area contributed by atoms with Crippen molar-refractivity contribution in [2.24, 2.45) is 5.41 Å². The summed E-state index contributed by atoms with van der Waals surface area (Å²) in [6.07, 6.45) is 0.0734. The van der Waals surface area contributed by atoms with E-state index >= 15 is 0 Å². The van der Waals surface area contributed by atoms with E-state index in [1.807, 2.05) is 18.2 Å². The first-order chi connectivity index (χ1) is 6.67. The van der Waals surface area contributed by atoms with Crippen molar-refractivity contribution in [3.8, 4) is 0 Å². The molecule has 1 aliphatic heterocycles. The van der Waals surface area contributed by atoms with E-state index in [0.717, 1.165) is 13.2 Å². The topological polar surface area (TPSA) is 21.3 Å². The van der Waals surface area contributed by atoms with Crippen LogP contribution in [0, 0.1) is 5.41 Å². The van der Waals surface area contributed by atoms with E-state index in [4.69, 9.17) is 4.74 Å². The summed E-state index contributed by atoms with van der Waals surface area (Å²) in [6, 6.07) is 10.3. The van der Waals surface area contributed by atoms with Crippen LogP contribution in [0.1, 0.15) is 25.6 Å². The van der Waals surface area contributed by atoms with Gasteiger partial charge in [-0.05, 0) is 5.56 Å². The van der Waals surface area contributed by atoms with Crippen LogP contribution in [0.4, 0.5) is 0 Å². The average Bonchev–Trinajstić information content (AvgIpc) is 2.19. The lowest BCUT2D eigenvalue weighted by Gasteiger charge is -2.35. The Morgan fingerprint density at radius 3 is 2.57 bits per heavy atom. The smallest absolute Gasteiger partial charge is 0.134 e. The van der Waals surface area contributed by atoms with Crippen LogP contribution in [0.2, 0.25) is 0 Å². The van der Waals surface area contributed by atoms with E-state index in [9.17, 15) is 0 Å². The Balaban J connectivity index is 2.03. The van der Waals surface area contributed by atoms with Crippen molar-refractivity contribution in [3.63, 3.8) is 0 Å². The van der Waals surface area contributed by atoms with Crippen LogP contribution in [-0.2, 0) is 4.74 Å². The van der Waals surface area contributed by atoms with E-state index < -0.39 is 0 Å². The monoisotopic (exact) mass is 191 g/mol. The molecule has 1 unspecified atom stereocenters. The lowest BCUT2D eigenvalue weighted by atomic mass is 9.93. The zero-order valence-electron chi connectivity index (χ0n) is 8.79. The van der Waals surface area contributed by atoms with Crippen LogP contribution in [0.15, 0.2) is 30.3 Å². The van der Waals surface area contributed by atoms with Crippen LogP contribution >= 0.6 is 0 Å². The lowest BCUT2D eigenvalue weighted by Crippen LogP contribution is -2.42. The van der Waals surface area contributed by atoms with Gasteiger partial charge < -0.3 is 4.74 Å². The molecule has 2 heteroatoms. The molecule has 1 aliphatic rings. The number of nitrogens with one attached hydrogen (secondary N) is 1. The van der Waals surface area contributed by atoms with Crippen molar-refractivity contribution in [2.45, 2.75) is 20.1 Å². The molecule has 1 saturated heterocycles. The van der Waals surface area contributed by atoms with Crippen LogP contribution in [0.5, 0.6) is 0 Å². The largest absolute Gasteiger partial charge is 0.358 e. The first-order valence-corrected chi connectivity index (χ1v) is 5.07. The summed E-state index contributed by atoms with van der Waals surface area (Å²) in [7, 11) is 0. The Kier molecular flexibility index (Phi) is 2.57. The van der Waals surface area contributed by atoms with Gasteiger partial charge in [0.1, 0.15) is 6.23 Å². The summed E-state index contributed by atoms with van der Waals surface area (Å²) < 4.78 is 5.77. The molecule has 1 atom stereocenters. The van der Waals surface area contributed by atoms with E-state index in [2.05, 4.69) is 31.3 Å².